The number of nitrogens with zero attached hydrogens (tertiary/aromatic N) is 2. The quantitative estimate of drug-likeness (QED) is 0.731. The van der Waals surface area contributed by atoms with Gasteiger partial charge in [0.15, 0.2) is 0 Å². The number of carbonyl (C=O) groups is 2. The van der Waals surface area contributed by atoms with Gasteiger partial charge in [0.1, 0.15) is 5.75 Å². The van der Waals surface area contributed by atoms with Crippen LogP contribution in [0.4, 0.5) is 10.5 Å². The maximum atomic E-state index is 12.5. The van der Waals surface area contributed by atoms with Crippen LogP contribution in [0, 0.1) is 0 Å². The predicted octanol–water partition coefficient (Wildman–Crippen LogP) is 3.45. The zero-order valence-electron chi connectivity index (χ0n) is 15.2. The minimum atomic E-state index is -0.273. The standard InChI is InChI=1S/C19H24N4O3/c1-11(2)20-19(26)23-17(13-5-4-6-13)10-16(22-23)15-9-14(21-12(3)24)7-8-18(15)25/h7-11,13,25H,4-6H2,1-3H3,(H,20,26)(H,21,24). The van der Waals surface area contributed by atoms with Crippen molar-refractivity contribution in [1.82, 2.24) is 15.1 Å². The van der Waals surface area contributed by atoms with Crippen LogP contribution >= 0.6 is 0 Å². The van der Waals surface area contributed by atoms with Crippen LogP contribution in [-0.2, 0) is 4.79 Å². The molecule has 26 heavy (non-hydrogen) atoms. The topological polar surface area (TPSA) is 96.2 Å². The van der Waals surface area contributed by atoms with Gasteiger partial charge in [-0.25, -0.2) is 4.79 Å². The smallest absolute Gasteiger partial charge is 0.342 e. The highest BCUT2D eigenvalue weighted by Gasteiger charge is 2.27. The molecule has 0 unspecified atom stereocenters. The first-order valence-electron chi connectivity index (χ1n) is 8.87. The summed E-state index contributed by atoms with van der Waals surface area (Å²) < 4.78 is 1.41. The van der Waals surface area contributed by atoms with Crippen molar-refractivity contribution in [3.05, 3.63) is 30.0 Å². The van der Waals surface area contributed by atoms with Crippen LogP contribution in [0.1, 0.15) is 51.6 Å². The molecule has 7 heteroatoms. The number of amides is 2. The van der Waals surface area contributed by atoms with Gasteiger partial charge >= 0.3 is 6.03 Å². The van der Waals surface area contributed by atoms with E-state index in [0.717, 1.165) is 25.0 Å². The van der Waals surface area contributed by atoms with Gasteiger partial charge in [0.2, 0.25) is 5.91 Å². The molecule has 1 fully saturated rings. The van der Waals surface area contributed by atoms with Gasteiger partial charge in [-0.2, -0.15) is 9.78 Å². The van der Waals surface area contributed by atoms with Crippen molar-refractivity contribution < 1.29 is 14.7 Å². The minimum absolute atomic E-state index is 0.000822. The average molecular weight is 356 g/mol. The highest BCUT2D eigenvalue weighted by Crippen LogP contribution is 2.39. The summed E-state index contributed by atoms with van der Waals surface area (Å²) in [6.07, 6.45) is 3.19. The lowest BCUT2D eigenvalue weighted by atomic mass is 9.82. The maximum absolute atomic E-state index is 12.5. The van der Waals surface area contributed by atoms with E-state index < -0.39 is 0 Å². The summed E-state index contributed by atoms with van der Waals surface area (Å²) in [5.74, 6) is 0.154. The van der Waals surface area contributed by atoms with Gasteiger partial charge in [-0.3, -0.25) is 4.79 Å². The predicted molar refractivity (Wildman–Crippen MR) is 99.3 cm³/mol. The number of phenols is 1. The lowest BCUT2D eigenvalue weighted by Gasteiger charge is -2.25. The number of anilines is 1. The van der Waals surface area contributed by atoms with E-state index in [2.05, 4.69) is 15.7 Å². The van der Waals surface area contributed by atoms with E-state index in [1.165, 1.54) is 17.7 Å². The van der Waals surface area contributed by atoms with E-state index in [0.29, 0.717) is 22.9 Å². The third-order valence-electron chi connectivity index (χ3n) is 4.46. The molecule has 0 spiro atoms. The third kappa shape index (κ3) is 3.71. The maximum Gasteiger partial charge on any atom is 0.342 e. The second kappa shape index (κ2) is 7.19. The van der Waals surface area contributed by atoms with Crippen LogP contribution < -0.4 is 10.6 Å². The molecular formula is C19H24N4O3. The Bertz CT molecular complexity index is 837. The third-order valence-corrected chi connectivity index (χ3v) is 4.46. The summed E-state index contributed by atoms with van der Waals surface area (Å²) in [6, 6.07) is 6.38. The number of aromatic nitrogens is 2. The Morgan fingerprint density at radius 2 is 2.00 bits per heavy atom. The molecule has 7 nitrogen and oxygen atoms in total. The molecule has 1 saturated carbocycles. The molecule has 138 valence electrons. The van der Waals surface area contributed by atoms with Crippen molar-refractivity contribution in [3.8, 4) is 17.0 Å². The number of benzene rings is 1. The van der Waals surface area contributed by atoms with Crippen LogP contribution in [0.2, 0.25) is 0 Å². The Balaban J connectivity index is 2.01. The summed E-state index contributed by atoms with van der Waals surface area (Å²) in [5, 5.41) is 20.3. The van der Waals surface area contributed by atoms with Crippen molar-refractivity contribution in [1.29, 1.82) is 0 Å². The highest BCUT2D eigenvalue weighted by molar-refractivity contribution is 5.90. The molecule has 1 aromatic carbocycles. The van der Waals surface area contributed by atoms with Crippen molar-refractivity contribution in [2.24, 2.45) is 0 Å². The van der Waals surface area contributed by atoms with Gasteiger partial charge in [-0.05, 0) is 51.0 Å². The first-order chi connectivity index (χ1) is 12.3. The minimum Gasteiger partial charge on any atom is -0.507 e. The molecule has 2 amide bonds. The van der Waals surface area contributed by atoms with Gasteiger partial charge in [0.25, 0.3) is 0 Å². The molecule has 0 saturated heterocycles. The van der Waals surface area contributed by atoms with E-state index in [4.69, 9.17) is 0 Å². The molecule has 1 heterocycles. The molecular weight excluding hydrogens is 332 g/mol. The van der Waals surface area contributed by atoms with Crippen molar-refractivity contribution >= 4 is 17.6 Å². The van der Waals surface area contributed by atoms with E-state index in [-0.39, 0.29) is 23.7 Å². The number of nitrogens with one attached hydrogen (secondary N) is 2. The molecule has 1 aliphatic rings. The number of hydrogen-bond donors (Lipinski definition) is 3. The van der Waals surface area contributed by atoms with Crippen molar-refractivity contribution in [2.75, 3.05) is 5.32 Å². The molecule has 0 radical (unpaired) electrons. The Morgan fingerprint density at radius 3 is 2.58 bits per heavy atom. The van der Waals surface area contributed by atoms with E-state index >= 15 is 0 Å². The van der Waals surface area contributed by atoms with Gasteiger partial charge in [0.05, 0.1) is 11.4 Å². The normalized spacial score (nSPS) is 14.2. The number of phenolic OH excluding ortho intramolecular Hbond substituents is 1. The largest absolute Gasteiger partial charge is 0.507 e. The molecule has 2 aromatic rings. The SMILES string of the molecule is CC(=O)Nc1ccc(O)c(-c2cc(C3CCC3)n(C(=O)NC(C)C)n2)c1. The lowest BCUT2D eigenvalue weighted by molar-refractivity contribution is -0.114. The number of aromatic hydroxyl groups is 1. The second-order valence-corrected chi connectivity index (χ2v) is 7.01. The molecule has 3 N–H and O–H groups in total. The molecule has 0 aliphatic heterocycles. The summed E-state index contributed by atoms with van der Waals surface area (Å²) in [4.78, 5) is 23.8. The van der Waals surface area contributed by atoms with Gasteiger partial charge in [0, 0.05) is 30.1 Å². The first-order valence-corrected chi connectivity index (χ1v) is 8.87. The zero-order valence-corrected chi connectivity index (χ0v) is 15.2. The fourth-order valence-corrected chi connectivity index (χ4v) is 3.01. The number of carbonyl (C=O) groups excluding carboxylic acids is 2. The molecule has 1 aliphatic carbocycles. The summed E-state index contributed by atoms with van der Waals surface area (Å²) in [5.41, 5.74) is 2.41. The molecule has 1 aromatic heterocycles. The fraction of sp³-hybridized carbons (Fsp3) is 0.421. The summed E-state index contributed by atoms with van der Waals surface area (Å²) in [6.45, 7) is 5.22. The summed E-state index contributed by atoms with van der Waals surface area (Å²) in [7, 11) is 0. The second-order valence-electron chi connectivity index (χ2n) is 7.01. The average Bonchev–Trinajstić information content (AvgIpc) is 2.91. The van der Waals surface area contributed by atoms with E-state index in [9.17, 15) is 14.7 Å². The Kier molecular flexibility index (Phi) is 4.97. The summed E-state index contributed by atoms with van der Waals surface area (Å²) >= 11 is 0. The van der Waals surface area contributed by atoms with E-state index in [1.807, 2.05) is 19.9 Å². The number of hydrogen-bond acceptors (Lipinski definition) is 4. The van der Waals surface area contributed by atoms with Crippen molar-refractivity contribution in [2.45, 2.75) is 52.0 Å². The Labute approximate surface area is 152 Å². The van der Waals surface area contributed by atoms with Crippen LogP contribution in [0.3, 0.4) is 0 Å². The lowest BCUT2D eigenvalue weighted by Crippen LogP contribution is -2.36. The van der Waals surface area contributed by atoms with Crippen LogP contribution in [0.5, 0.6) is 5.75 Å². The van der Waals surface area contributed by atoms with Crippen LogP contribution in [-0.4, -0.2) is 32.9 Å². The Hall–Kier alpha value is -2.83. The van der Waals surface area contributed by atoms with Gasteiger partial charge in [-0.15, -0.1) is 0 Å². The van der Waals surface area contributed by atoms with Crippen LogP contribution in [0.25, 0.3) is 11.3 Å². The monoisotopic (exact) mass is 356 g/mol. The first kappa shape index (κ1) is 18.0. The molecule has 0 atom stereocenters. The van der Waals surface area contributed by atoms with Gasteiger partial charge in [-0.1, -0.05) is 6.42 Å². The fourth-order valence-electron chi connectivity index (χ4n) is 3.01. The highest BCUT2D eigenvalue weighted by atomic mass is 16.3. The van der Waals surface area contributed by atoms with Gasteiger partial charge < -0.3 is 15.7 Å². The molecule has 3 rings (SSSR count). The molecule has 0 bridgehead atoms. The Morgan fingerprint density at radius 1 is 1.27 bits per heavy atom. The zero-order chi connectivity index (χ0) is 18.8. The van der Waals surface area contributed by atoms with Crippen LogP contribution in [0.15, 0.2) is 24.3 Å². The van der Waals surface area contributed by atoms with Crippen molar-refractivity contribution in [3.63, 3.8) is 0 Å². The van der Waals surface area contributed by atoms with E-state index in [1.54, 1.807) is 12.1 Å². The number of rotatable bonds is 4.